The van der Waals surface area contributed by atoms with Gasteiger partial charge in [-0.15, -0.1) is 0 Å². The van der Waals surface area contributed by atoms with Crippen LogP contribution >= 0.6 is 0 Å². The van der Waals surface area contributed by atoms with Crippen molar-refractivity contribution in [3.05, 3.63) is 77.2 Å². The van der Waals surface area contributed by atoms with Crippen LogP contribution in [0.3, 0.4) is 0 Å². The number of benzene rings is 2. The number of carbonyl (C=O) groups excluding carboxylic acids is 2. The smallest absolute Gasteiger partial charge is 0.230 e. The SMILES string of the molecule is C=S(=O)(NC1=C(OC)C(=O)c2ccccc2C1=O)c1ccccc1. The number of rotatable bonds is 4. The number of ketones is 2. The van der Waals surface area contributed by atoms with Crippen LogP contribution in [0.25, 0.3) is 0 Å². The maximum atomic E-state index is 12.9. The lowest BCUT2D eigenvalue weighted by molar-refractivity contribution is 0.0903. The standard InChI is InChI=1S/C18H15NO4S/c1-23-18-15(19-24(2,22)12-8-4-3-5-9-12)16(20)13-10-6-7-11-14(13)17(18)21/h3-11H,2H2,1H3,(H,19,22). The van der Waals surface area contributed by atoms with Crippen LogP contribution in [0.1, 0.15) is 20.7 Å². The first kappa shape index (κ1) is 16.0. The molecule has 0 bridgehead atoms. The third kappa shape index (κ3) is 2.61. The van der Waals surface area contributed by atoms with Crippen LogP contribution in [0.15, 0.2) is 70.9 Å². The van der Waals surface area contributed by atoms with E-state index < -0.39 is 21.3 Å². The Labute approximate surface area is 140 Å². The van der Waals surface area contributed by atoms with Gasteiger partial charge >= 0.3 is 0 Å². The fraction of sp³-hybridized carbons (Fsp3) is 0.0556. The molecule has 2 aromatic rings. The van der Waals surface area contributed by atoms with Gasteiger partial charge in [0.2, 0.25) is 11.6 Å². The summed E-state index contributed by atoms with van der Waals surface area (Å²) in [5.41, 5.74) is 0.374. The fourth-order valence-corrected chi connectivity index (χ4v) is 3.73. The third-order valence-corrected chi connectivity index (χ3v) is 5.24. The summed E-state index contributed by atoms with van der Waals surface area (Å²) in [6.45, 7) is 0. The summed E-state index contributed by atoms with van der Waals surface area (Å²) in [6.07, 6.45) is 0. The van der Waals surface area contributed by atoms with Crippen LogP contribution in [0, 0.1) is 0 Å². The zero-order valence-electron chi connectivity index (χ0n) is 12.9. The van der Waals surface area contributed by atoms with Crippen molar-refractivity contribution >= 4 is 27.1 Å². The molecular formula is C18H15NO4S. The lowest BCUT2D eigenvalue weighted by atomic mass is 9.92. The Morgan fingerprint density at radius 3 is 2.04 bits per heavy atom. The maximum absolute atomic E-state index is 12.9. The minimum absolute atomic E-state index is 0.134. The third-order valence-electron chi connectivity index (χ3n) is 3.67. The number of Topliss-reactive ketones (excluding diaryl/α,β-unsaturated/α-hetero) is 2. The van der Waals surface area contributed by atoms with Crippen molar-refractivity contribution in [1.29, 1.82) is 0 Å². The highest BCUT2D eigenvalue weighted by atomic mass is 32.2. The van der Waals surface area contributed by atoms with Crippen molar-refractivity contribution < 1.29 is 18.5 Å². The molecule has 0 saturated heterocycles. The first-order valence-corrected chi connectivity index (χ1v) is 8.85. The molecule has 0 fully saturated rings. The van der Waals surface area contributed by atoms with E-state index in [0.717, 1.165) is 0 Å². The van der Waals surface area contributed by atoms with Gasteiger partial charge in [0, 0.05) is 16.0 Å². The Morgan fingerprint density at radius 2 is 1.46 bits per heavy atom. The van der Waals surface area contributed by atoms with Gasteiger partial charge in [-0.2, -0.15) is 0 Å². The Bertz CT molecular complexity index is 960. The first-order chi connectivity index (χ1) is 11.5. The molecule has 1 atom stereocenters. The van der Waals surface area contributed by atoms with E-state index in [9.17, 15) is 13.8 Å². The van der Waals surface area contributed by atoms with E-state index in [1.807, 2.05) is 0 Å². The number of hydrogen-bond acceptors (Lipinski definition) is 4. The van der Waals surface area contributed by atoms with Gasteiger partial charge in [0.15, 0.2) is 5.76 Å². The number of methoxy groups -OCH3 is 1. The second-order valence-corrected chi connectivity index (χ2v) is 7.23. The van der Waals surface area contributed by atoms with Crippen LogP contribution in [-0.4, -0.2) is 28.8 Å². The molecule has 0 saturated carbocycles. The molecule has 2 aromatic carbocycles. The topological polar surface area (TPSA) is 72.5 Å². The van der Waals surface area contributed by atoms with E-state index >= 15 is 0 Å². The molecule has 0 radical (unpaired) electrons. The molecular weight excluding hydrogens is 326 g/mol. The number of nitrogens with one attached hydrogen (secondary N) is 1. The first-order valence-electron chi connectivity index (χ1n) is 7.12. The molecule has 1 N–H and O–H groups in total. The molecule has 0 aromatic heterocycles. The zero-order valence-corrected chi connectivity index (χ0v) is 13.8. The van der Waals surface area contributed by atoms with Crippen molar-refractivity contribution in [2.75, 3.05) is 7.11 Å². The summed E-state index contributed by atoms with van der Waals surface area (Å²) in [7, 11) is -1.73. The van der Waals surface area contributed by atoms with Crippen molar-refractivity contribution in [2.45, 2.75) is 4.90 Å². The monoisotopic (exact) mass is 341 g/mol. The van der Waals surface area contributed by atoms with Crippen molar-refractivity contribution in [1.82, 2.24) is 4.72 Å². The molecule has 122 valence electrons. The van der Waals surface area contributed by atoms with E-state index in [0.29, 0.717) is 4.90 Å². The highest BCUT2D eigenvalue weighted by molar-refractivity contribution is 7.98. The van der Waals surface area contributed by atoms with Gasteiger partial charge in [-0.05, 0) is 18.0 Å². The number of allylic oxidation sites excluding steroid dienone is 2. The minimum Gasteiger partial charge on any atom is -0.491 e. The van der Waals surface area contributed by atoms with Crippen molar-refractivity contribution in [2.24, 2.45) is 0 Å². The Morgan fingerprint density at radius 1 is 0.917 bits per heavy atom. The Balaban J connectivity index is 2.09. The molecule has 6 heteroatoms. The number of fused-ring (bicyclic) bond motifs is 1. The predicted molar refractivity (Wildman–Crippen MR) is 92.2 cm³/mol. The molecule has 0 aliphatic heterocycles. The Hall–Kier alpha value is -2.86. The summed E-state index contributed by atoms with van der Waals surface area (Å²) in [4.78, 5) is 25.7. The summed E-state index contributed by atoms with van der Waals surface area (Å²) < 4.78 is 20.7. The van der Waals surface area contributed by atoms with Crippen molar-refractivity contribution in [3.8, 4) is 0 Å². The highest BCUT2D eigenvalue weighted by Crippen LogP contribution is 2.26. The second-order valence-electron chi connectivity index (χ2n) is 5.20. The van der Waals surface area contributed by atoms with Crippen LogP contribution in [0.2, 0.25) is 0 Å². The van der Waals surface area contributed by atoms with E-state index in [4.69, 9.17) is 4.74 Å². The van der Waals surface area contributed by atoms with E-state index in [2.05, 4.69) is 10.6 Å². The lowest BCUT2D eigenvalue weighted by Gasteiger charge is -2.22. The van der Waals surface area contributed by atoms with Gasteiger partial charge < -0.3 is 9.46 Å². The van der Waals surface area contributed by atoms with Crippen molar-refractivity contribution in [3.63, 3.8) is 0 Å². The van der Waals surface area contributed by atoms with Crippen LogP contribution in [-0.2, 0) is 14.4 Å². The molecule has 3 rings (SSSR count). The van der Waals surface area contributed by atoms with Gasteiger partial charge in [0.25, 0.3) is 0 Å². The van der Waals surface area contributed by atoms with Gasteiger partial charge in [-0.1, -0.05) is 42.5 Å². The predicted octanol–water partition coefficient (Wildman–Crippen LogP) is 2.20. The second kappa shape index (κ2) is 5.98. The van der Waals surface area contributed by atoms with Gasteiger partial charge in [0.1, 0.15) is 5.70 Å². The van der Waals surface area contributed by atoms with Crippen LogP contribution < -0.4 is 4.72 Å². The maximum Gasteiger partial charge on any atom is 0.230 e. The molecule has 0 amide bonds. The lowest BCUT2D eigenvalue weighted by Crippen LogP contribution is -2.34. The van der Waals surface area contributed by atoms with E-state index in [1.165, 1.54) is 7.11 Å². The fourth-order valence-electron chi connectivity index (χ4n) is 2.50. The average Bonchev–Trinajstić information content (AvgIpc) is 2.60. The largest absolute Gasteiger partial charge is 0.491 e. The molecule has 5 nitrogen and oxygen atoms in total. The molecule has 1 unspecified atom stereocenters. The van der Waals surface area contributed by atoms with E-state index in [-0.39, 0.29) is 22.6 Å². The molecule has 0 spiro atoms. The zero-order chi connectivity index (χ0) is 17.3. The van der Waals surface area contributed by atoms with Gasteiger partial charge in [0.05, 0.1) is 16.8 Å². The molecule has 1 aliphatic carbocycles. The summed E-state index contributed by atoms with van der Waals surface area (Å²) >= 11 is 0. The molecule has 1 aliphatic rings. The van der Waals surface area contributed by atoms with E-state index in [1.54, 1.807) is 54.6 Å². The summed E-state index contributed by atoms with van der Waals surface area (Å²) in [5.74, 6) is 2.64. The average molecular weight is 341 g/mol. The van der Waals surface area contributed by atoms with Crippen LogP contribution in [0.5, 0.6) is 0 Å². The van der Waals surface area contributed by atoms with Crippen LogP contribution in [0.4, 0.5) is 0 Å². The summed E-state index contributed by atoms with van der Waals surface area (Å²) in [6, 6.07) is 14.9. The van der Waals surface area contributed by atoms with Gasteiger partial charge in [-0.25, -0.2) is 4.21 Å². The molecule has 0 heterocycles. The van der Waals surface area contributed by atoms with Gasteiger partial charge in [-0.3, -0.25) is 9.59 Å². The quantitative estimate of drug-likeness (QED) is 0.866. The summed E-state index contributed by atoms with van der Waals surface area (Å²) in [5, 5.41) is 0. The number of ether oxygens (including phenoxy) is 1. The minimum atomic E-state index is -3.02. The Kier molecular flexibility index (Phi) is 3.99. The number of hydrogen-bond donors (Lipinski definition) is 1. The normalized spacial score (nSPS) is 16.4. The highest BCUT2D eigenvalue weighted by Gasteiger charge is 2.34. The number of carbonyl (C=O) groups is 2. The molecule has 24 heavy (non-hydrogen) atoms.